The number of carboxylic acids is 1. The van der Waals surface area contributed by atoms with Crippen LogP contribution in [0.15, 0.2) is 24.4 Å². The molecule has 1 aromatic heterocycles. The van der Waals surface area contributed by atoms with Crippen molar-refractivity contribution < 1.29 is 9.90 Å². The van der Waals surface area contributed by atoms with Crippen LogP contribution in [0.3, 0.4) is 0 Å². The highest BCUT2D eigenvalue weighted by Crippen LogP contribution is 2.28. The highest BCUT2D eigenvalue weighted by atomic mass is 16.4. The zero-order valence-corrected chi connectivity index (χ0v) is 11.1. The van der Waals surface area contributed by atoms with Crippen LogP contribution in [-0.4, -0.2) is 28.7 Å². The van der Waals surface area contributed by atoms with Crippen LogP contribution < -0.4 is 4.90 Å². The summed E-state index contributed by atoms with van der Waals surface area (Å²) in [5, 5.41) is 9.99. The Kier molecular flexibility index (Phi) is 2.93. The van der Waals surface area contributed by atoms with Crippen LogP contribution in [0.1, 0.15) is 18.4 Å². The minimum absolute atomic E-state index is 0.0837. The van der Waals surface area contributed by atoms with E-state index in [4.69, 9.17) is 5.11 Å². The van der Waals surface area contributed by atoms with E-state index in [-0.39, 0.29) is 6.42 Å². The fraction of sp³-hybridized carbons (Fsp3) is 0.400. The molecule has 0 radical (unpaired) electrons. The number of aryl methyl sites for hydroxylation is 1. The molecule has 1 fully saturated rings. The molecule has 2 aromatic rings. The van der Waals surface area contributed by atoms with Crippen molar-refractivity contribution in [1.29, 1.82) is 0 Å². The number of hydrogen-bond donors (Lipinski definition) is 1. The molecule has 0 bridgehead atoms. The van der Waals surface area contributed by atoms with Crippen LogP contribution in [-0.2, 0) is 18.3 Å². The van der Waals surface area contributed by atoms with E-state index in [9.17, 15) is 4.79 Å². The second-order valence-corrected chi connectivity index (χ2v) is 5.23. The lowest BCUT2D eigenvalue weighted by Crippen LogP contribution is -2.17. The van der Waals surface area contributed by atoms with Crippen LogP contribution in [0.25, 0.3) is 10.9 Å². The highest BCUT2D eigenvalue weighted by molar-refractivity contribution is 5.89. The van der Waals surface area contributed by atoms with E-state index in [1.54, 1.807) is 0 Å². The third-order valence-electron chi connectivity index (χ3n) is 3.87. The largest absolute Gasteiger partial charge is 0.481 e. The van der Waals surface area contributed by atoms with Gasteiger partial charge in [-0.1, -0.05) is 6.07 Å². The Labute approximate surface area is 112 Å². The maximum atomic E-state index is 10.9. The van der Waals surface area contributed by atoms with Gasteiger partial charge in [0.05, 0.1) is 11.9 Å². The van der Waals surface area contributed by atoms with Crippen LogP contribution in [0.5, 0.6) is 0 Å². The van der Waals surface area contributed by atoms with Gasteiger partial charge in [-0.2, -0.15) is 0 Å². The number of rotatable bonds is 3. The molecule has 100 valence electrons. The molecule has 1 aliphatic heterocycles. The number of benzene rings is 1. The van der Waals surface area contributed by atoms with Gasteiger partial charge in [0, 0.05) is 37.4 Å². The molecule has 3 rings (SSSR count). The molecule has 2 heterocycles. The Hall–Kier alpha value is -1.97. The Morgan fingerprint density at radius 3 is 2.74 bits per heavy atom. The SMILES string of the molecule is Cn1cc(CC(=O)O)c2ccc(N3CCCC3)cc21. The van der Waals surface area contributed by atoms with Crippen molar-refractivity contribution in [3.05, 3.63) is 30.0 Å². The fourth-order valence-electron chi connectivity index (χ4n) is 2.93. The lowest BCUT2D eigenvalue weighted by molar-refractivity contribution is -0.136. The maximum Gasteiger partial charge on any atom is 0.307 e. The summed E-state index contributed by atoms with van der Waals surface area (Å²) in [6, 6.07) is 6.34. The molecule has 0 saturated carbocycles. The first-order valence-corrected chi connectivity index (χ1v) is 6.70. The topological polar surface area (TPSA) is 45.5 Å². The maximum absolute atomic E-state index is 10.9. The number of hydrogen-bond acceptors (Lipinski definition) is 2. The molecule has 0 unspecified atom stereocenters. The van der Waals surface area contributed by atoms with Gasteiger partial charge < -0.3 is 14.6 Å². The lowest BCUT2D eigenvalue weighted by atomic mass is 10.1. The molecule has 4 nitrogen and oxygen atoms in total. The summed E-state index contributed by atoms with van der Waals surface area (Å²) in [4.78, 5) is 13.3. The summed E-state index contributed by atoms with van der Waals surface area (Å²) in [5.74, 6) is -0.781. The average molecular weight is 258 g/mol. The van der Waals surface area contributed by atoms with Gasteiger partial charge in [0.2, 0.25) is 0 Å². The van der Waals surface area contributed by atoms with Gasteiger partial charge in [0.1, 0.15) is 0 Å². The third kappa shape index (κ3) is 2.18. The molecule has 19 heavy (non-hydrogen) atoms. The predicted molar refractivity (Wildman–Crippen MR) is 75.7 cm³/mol. The minimum Gasteiger partial charge on any atom is -0.481 e. The molecule has 0 atom stereocenters. The Morgan fingerprint density at radius 1 is 1.32 bits per heavy atom. The second kappa shape index (κ2) is 4.61. The van der Waals surface area contributed by atoms with Crippen LogP contribution in [0, 0.1) is 0 Å². The number of carbonyl (C=O) groups is 1. The number of carboxylic acid groups (broad SMARTS) is 1. The first-order chi connectivity index (χ1) is 9.15. The first-order valence-electron chi connectivity index (χ1n) is 6.70. The van der Waals surface area contributed by atoms with Gasteiger partial charge in [0.25, 0.3) is 0 Å². The van der Waals surface area contributed by atoms with Gasteiger partial charge in [-0.05, 0) is 30.5 Å². The standard InChI is InChI=1S/C15H18N2O2/c1-16-10-11(8-15(18)19)13-5-4-12(9-14(13)16)17-6-2-3-7-17/h4-5,9-10H,2-3,6-8H2,1H3,(H,18,19). The summed E-state index contributed by atoms with van der Waals surface area (Å²) in [6.07, 6.45) is 4.53. The molecular weight excluding hydrogens is 240 g/mol. The summed E-state index contributed by atoms with van der Waals surface area (Å²) in [6.45, 7) is 2.25. The molecule has 0 aliphatic carbocycles. The lowest BCUT2D eigenvalue weighted by Gasteiger charge is -2.17. The van der Waals surface area contributed by atoms with Crippen LogP contribution in [0.4, 0.5) is 5.69 Å². The fourth-order valence-corrected chi connectivity index (χ4v) is 2.93. The minimum atomic E-state index is -0.781. The van der Waals surface area contributed by atoms with Crippen molar-refractivity contribution in [2.45, 2.75) is 19.3 Å². The highest BCUT2D eigenvalue weighted by Gasteiger charge is 2.15. The van der Waals surface area contributed by atoms with Crippen molar-refractivity contribution in [2.75, 3.05) is 18.0 Å². The van der Waals surface area contributed by atoms with E-state index in [0.717, 1.165) is 29.6 Å². The zero-order chi connectivity index (χ0) is 13.4. The van der Waals surface area contributed by atoms with E-state index >= 15 is 0 Å². The van der Waals surface area contributed by atoms with Crippen LogP contribution in [0.2, 0.25) is 0 Å². The van der Waals surface area contributed by atoms with E-state index in [2.05, 4.69) is 23.1 Å². The Bertz CT molecular complexity index is 624. The average Bonchev–Trinajstić information content (AvgIpc) is 2.98. The summed E-state index contributed by atoms with van der Waals surface area (Å²) in [7, 11) is 1.97. The predicted octanol–water partition coefficient (Wildman–Crippen LogP) is 2.41. The number of aliphatic carboxylic acids is 1. The van der Waals surface area contributed by atoms with Crippen molar-refractivity contribution in [3.8, 4) is 0 Å². The van der Waals surface area contributed by atoms with Gasteiger partial charge >= 0.3 is 5.97 Å². The van der Waals surface area contributed by atoms with Crippen molar-refractivity contribution in [3.63, 3.8) is 0 Å². The normalized spacial score (nSPS) is 15.3. The van der Waals surface area contributed by atoms with Crippen LogP contribution >= 0.6 is 0 Å². The smallest absolute Gasteiger partial charge is 0.307 e. The molecule has 1 aromatic carbocycles. The van der Waals surface area contributed by atoms with E-state index in [1.807, 2.05) is 17.8 Å². The Morgan fingerprint density at radius 2 is 2.05 bits per heavy atom. The van der Waals surface area contributed by atoms with Gasteiger partial charge in [-0.15, -0.1) is 0 Å². The van der Waals surface area contributed by atoms with Gasteiger partial charge in [-0.3, -0.25) is 4.79 Å². The van der Waals surface area contributed by atoms with E-state index in [1.165, 1.54) is 18.5 Å². The summed E-state index contributed by atoms with van der Waals surface area (Å²) < 4.78 is 2.02. The van der Waals surface area contributed by atoms with Crippen molar-refractivity contribution in [2.24, 2.45) is 7.05 Å². The molecular formula is C15H18N2O2. The zero-order valence-electron chi connectivity index (χ0n) is 11.1. The summed E-state index contributed by atoms with van der Waals surface area (Å²) >= 11 is 0. The quantitative estimate of drug-likeness (QED) is 0.919. The van der Waals surface area contributed by atoms with Gasteiger partial charge in [0.15, 0.2) is 0 Å². The summed E-state index contributed by atoms with van der Waals surface area (Å²) in [5.41, 5.74) is 3.24. The number of fused-ring (bicyclic) bond motifs is 1. The molecule has 1 aliphatic rings. The first kappa shape index (κ1) is 12.1. The van der Waals surface area contributed by atoms with E-state index in [0.29, 0.717) is 0 Å². The number of anilines is 1. The molecule has 0 amide bonds. The number of nitrogens with zero attached hydrogens (tertiary/aromatic N) is 2. The number of aromatic nitrogens is 1. The second-order valence-electron chi connectivity index (χ2n) is 5.23. The molecule has 4 heteroatoms. The van der Waals surface area contributed by atoms with Crippen molar-refractivity contribution >= 4 is 22.6 Å². The van der Waals surface area contributed by atoms with E-state index < -0.39 is 5.97 Å². The molecule has 1 N–H and O–H groups in total. The molecule has 1 saturated heterocycles. The monoisotopic (exact) mass is 258 g/mol. The van der Waals surface area contributed by atoms with Gasteiger partial charge in [-0.25, -0.2) is 0 Å². The molecule has 0 spiro atoms. The third-order valence-corrected chi connectivity index (χ3v) is 3.87. The van der Waals surface area contributed by atoms with Crippen molar-refractivity contribution in [1.82, 2.24) is 4.57 Å². The Balaban J connectivity index is 2.03.